The van der Waals surface area contributed by atoms with Gasteiger partial charge in [-0.15, -0.1) is 0 Å². The SMILES string of the molecule is O=C(CCn1ccc2ccccc21)NCc1ccc(F)cc1C(F)(F)F. The molecule has 0 saturated heterocycles. The van der Waals surface area contributed by atoms with E-state index < -0.39 is 17.6 Å². The highest BCUT2D eigenvalue weighted by Gasteiger charge is 2.33. The number of rotatable bonds is 5. The number of hydrogen-bond acceptors (Lipinski definition) is 1. The Morgan fingerprint density at radius 3 is 2.62 bits per heavy atom. The summed E-state index contributed by atoms with van der Waals surface area (Å²) in [4.78, 5) is 12.0. The average Bonchev–Trinajstić information content (AvgIpc) is 3.01. The van der Waals surface area contributed by atoms with Crippen molar-refractivity contribution >= 4 is 16.8 Å². The van der Waals surface area contributed by atoms with E-state index in [9.17, 15) is 22.4 Å². The number of fused-ring (bicyclic) bond motifs is 1. The molecule has 2 aromatic carbocycles. The van der Waals surface area contributed by atoms with E-state index in [1.807, 2.05) is 41.1 Å². The molecule has 7 heteroatoms. The van der Waals surface area contributed by atoms with Gasteiger partial charge in [0.2, 0.25) is 5.91 Å². The van der Waals surface area contributed by atoms with Crippen LogP contribution in [0.5, 0.6) is 0 Å². The molecule has 0 saturated carbocycles. The molecule has 3 nitrogen and oxygen atoms in total. The Morgan fingerprint density at radius 1 is 1.08 bits per heavy atom. The van der Waals surface area contributed by atoms with E-state index in [2.05, 4.69) is 5.32 Å². The third-order valence-corrected chi connectivity index (χ3v) is 4.11. The van der Waals surface area contributed by atoms with E-state index in [1.54, 1.807) is 0 Å². The van der Waals surface area contributed by atoms with Gasteiger partial charge in [0.1, 0.15) is 5.82 Å². The van der Waals surface area contributed by atoms with E-state index in [0.29, 0.717) is 12.6 Å². The van der Waals surface area contributed by atoms with Crippen molar-refractivity contribution in [1.82, 2.24) is 9.88 Å². The predicted octanol–water partition coefficient (Wildman–Crippen LogP) is 4.51. The number of carbonyl (C=O) groups excluding carboxylic acids is 1. The molecular formula is C19H16F4N2O. The van der Waals surface area contributed by atoms with Crippen LogP contribution in [0.1, 0.15) is 17.5 Å². The van der Waals surface area contributed by atoms with Gasteiger partial charge in [-0.3, -0.25) is 4.79 Å². The van der Waals surface area contributed by atoms with Crippen molar-refractivity contribution in [3.63, 3.8) is 0 Å². The van der Waals surface area contributed by atoms with E-state index in [-0.39, 0.29) is 24.4 Å². The summed E-state index contributed by atoms with van der Waals surface area (Å²) in [6.45, 7) is 0.106. The van der Waals surface area contributed by atoms with Crippen LogP contribution in [0.25, 0.3) is 10.9 Å². The monoisotopic (exact) mass is 364 g/mol. The molecule has 0 unspecified atom stereocenters. The highest BCUT2D eigenvalue weighted by atomic mass is 19.4. The molecule has 0 bridgehead atoms. The number of hydrogen-bond donors (Lipinski definition) is 1. The standard InChI is InChI=1S/C19H16F4N2O/c20-15-6-5-14(16(11-15)19(21,22)23)12-24-18(26)8-10-25-9-7-13-3-1-2-4-17(13)25/h1-7,9,11H,8,10,12H2,(H,24,26). The maximum Gasteiger partial charge on any atom is 0.416 e. The number of alkyl halides is 3. The molecule has 1 heterocycles. The second kappa shape index (κ2) is 7.19. The van der Waals surface area contributed by atoms with Crippen LogP contribution in [0.15, 0.2) is 54.7 Å². The number of nitrogens with one attached hydrogen (secondary N) is 1. The number of carbonyl (C=O) groups is 1. The summed E-state index contributed by atoms with van der Waals surface area (Å²) in [6, 6.07) is 12.1. The molecule has 1 aromatic heterocycles. The molecule has 0 radical (unpaired) electrons. The maximum absolute atomic E-state index is 13.1. The van der Waals surface area contributed by atoms with Crippen LogP contribution in [0.3, 0.4) is 0 Å². The molecule has 3 rings (SSSR count). The van der Waals surface area contributed by atoms with Crippen LogP contribution in [0.2, 0.25) is 0 Å². The fourth-order valence-electron chi connectivity index (χ4n) is 2.81. The van der Waals surface area contributed by atoms with Crippen LogP contribution in [-0.2, 0) is 24.1 Å². The van der Waals surface area contributed by atoms with Crippen molar-refractivity contribution in [3.8, 4) is 0 Å². The normalized spacial score (nSPS) is 11.7. The predicted molar refractivity (Wildman–Crippen MR) is 89.8 cm³/mol. The molecule has 1 N–H and O–H groups in total. The Kier molecular flexibility index (Phi) is 4.97. The third kappa shape index (κ3) is 4.04. The summed E-state index contributed by atoms with van der Waals surface area (Å²) in [5, 5.41) is 3.52. The van der Waals surface area contributed by atoms with E-state index in [1.165, 1.54) is 0 Å². The summed E-state index contributed by atoms with van der Waals surface area (Å²) in [6.07, 6.45) is -2.69. The summed E-state index contributed by atoms with van der Waals surface area (Å²) in [7, 11) is 0. The fraction of sp³-hybridized carbons (Fsp3) is 0.211. The number of benzene rings is 2. The van der Waals surface area contributed by atoms with Gasteiger partial charge in [-0.25, -0.2) is 4.39 Å². The number of para-hydroxylation sites is 1. The topological polar surface area (TPSA) is 34.0 Å². The molecule has 0 fully saturated rings. The molecule has 136 valence electrons. The number of nitrogens with zero attached hydrogens (tertiary/aromatic N) is 1. The second-order valence-electron chi connectivity index (χ2n) is 5.89. The molecule has 0 atom stereocenters. The van der Waals surface area contributed by atoms with Crippen molar-refractivity contribution in [2.24, 2.45) is 0 Å². The molecule has 0 aliphatic rings. The van der Waals surface area contributed by atoms with Gasteiger partial charge < -0.3 is 9.88 Å². The molecule has 3 aromatic rings. The minimum absolute atomic E-state index is 0.126. The van der Waals surface area contributed by atoms with Gasteiger partial charge in [0.15, 0.2) is 0 Å². The lowest BCUT2D eigenvalue weighted by Gasteiger charge is -2.14. The number of aryl methyl sites for hydroxylation is 1. The van der Waals surface area contributed by atoms with E-state index in [4.69, 9.17) is 0 Å². The van der Waals surface area contributed by atoms with E-state index in [0.717, 1.165) is 23.0 Å². The second-order valence-corrected chi connectivity index (χ2v) is 5.89. The Morgan fingerprint density at radius 2 is 1.85 bits per heavy atom. The molecular weight excluding hydrogens is 348 g/mol. The largest absolute Gasteiger partial charge is 0.416 e. The molecule has 26 heavy (non-hydrogen) atoms. The van der Waals surface area contributed by atoms with Crippen LogP contribution in [0.4, 0.5) is 17.6 Å². The number of amides is 1. The minimum Gasteiger partial charge on any atom is -0.352 e. The Labute approximate surface area is 147 Å². The summed E-state index contributed by atoms with van der Waals surface area (Å²) in [5.74, 6) is -1.34. The van der Waals surface area contributed by atoms with Gasteiger partial charge in [-0.1, -0.05) is 24.3 Å². The lowest BCUT2D eigenvalue weighted by molar-refractivity contribution is -0.138. The average molecular weight is 364 g/mol. The van der Waals surface area contributed by atoms with Crippen LogP contribution in [0, 0.1) is 5.82 Å². The van der Waals surface area contributed by atoms with Gasteiger partial charge in [-0.05, 0) is 35.2 Å². The number of halogens is 4. The van der Waals surface area contributed by atoms with Crippen molar-refractivity contribution in [1.29, 1.82) is 0 Å². The van der Waals surface area contributed by atoms with Crippen molar-refractivity contribution in [2.45, 2.75) is 25.7 Å². The third-order valence-electron chi connectivity index (χ3n) is 4.11. The molecule has 0 aliphatic carbocycles. The van der Waals surface area contributed by atoms with E-state index >= 15 is 0 Å². The van der Waals surface area contributed by atoms with Crippen molar-refractivity contribution in [2.75, 3.05) is 0 Å². The molecule has 0 spiro atoms. The van der Waals surface area contributed by atoms with Crippen LogP contribution >= 0.6 is 0 Å². The first-order valence-electron chi connectivity index (χ1n) is 8.01. The zero-order valence-corrected chi connectivity index (χ0v) is 13.7. The summed E-state index contributed by atoms with van der Waals surface area (Å²) >= 11 is 0. The van der Waals surface area contributed by atoms with Crippen molar-refractivity contribution < 1.29 is 22.4 Å². The first kappa shape index (κ1) is 18.0. The minimum atomic E-state index is -4.67. The molecule has 0 aliphatic heterocycles. The summed E-state index contributed by atoms with van der Waals surface area (Å²) < 4.78 is 53.9. The fourth-order valence-corrected chi connectivity index (χ4v) is 2.81. The van der Waals surface area contributed by atoms with Crippen LogP contribution in [-0.4, -0.2) is 10.5 Å². The summed E-state index contributed by atoms with van der Waals surface area (Å²) in [5.41, 5.74) is -0.258. The highest BCUT2D eigenvalue weighted by Crippen LogP contribution is 2.32. The quantitative estimate of drug-likeness (QED) is 0.665. The lowest BCUT2D eigenvalue weighted by Crippen LogP contribution is -2.25. The van der Waals surface area contributed by atoms with Gasteiger partial charge in [0.25, 0.3) is 0 Å². The molecule has 1 amide bonds. The van der Waals surface area contributed by atoms with Gasteiger partial charge in [-0.2, -0.15) is 13.2 Å². The lowest BCUT2D eigenvalue weighted by atomic mass is 10.1. The first-order chi connectivity index (χ1) is 12.3. The van der Waals surface area contributed by atoms with Gasteiger partial charge in [0.05, 0.1) is 5.56 Å². The number of aromatic nitrogens is 1. The smallest absolute Gasteiger partial charge is 0.352 e. The first-order valence-corrected chi connectivity index (χ1v) is 8.01. The highest BCUT2D eigenvalue weighted by molar-refractivity contribution is 5.80. The maximum atomic E-state index is 13.1. The van der Waals surface area contributed by atoms with Gasteiger partial charge in [0, 0.05) is 31.2 Å². The van der Waals surface area contributed by atoms with Gasteiger partial charge >= 0.3 is 6.18 Å². The van der Waals surface area contributed by atoms with Crippen LogP contribution < -0.4 is 5.32 Å². The zero-order chi connectivity index (χ0) is 18.7. The Bertz CT molecular complexity index is 931. The Balaban J connectivity index is 1.61. The Hall–Kier alpha value is -2.83. The van der Waals surface area contributed by atoms with Crippen molar-refractivity contribution in [3.05, 3.63) is 71.7 Å². The zero-order valence-electron chi connectivity index (χ0n) is 13.7.